The fourth-order valence-electron chi connectivity index (χ4n) is 3.08. The highest BCUT2D eigenvalue weighted by molar-refractivity contribution is 6.06. The molecule has 3 aliphatic heterocycles. The molecule has 3 rings (SSSR count). The maximum Gasteiger partial charge on any atom is 0.234 e. The number of imide groups is 1. The van der Waals surface area contributed by atoms with Gasteiger partial charge in [0.1, 0.15) is 0 Å². The van der Waals surface area contributed by atoms with Crippen LogP contribution in [0.25, 0.3) is 0 Å². The third kappa shape index (κ3) is 0.705. The summed E-state index contributed by atoms with van der Waals surface area (Å²) in [4.78, 5) is 24.6. The van der Waals surface area contributed by atoms with Gasteiger partial charge in [0.15, 0.2) is 0 Å². The molecule has 3 heterocycles. The van der Waals surface area contributed by atoms with Crippen molar-refractivity contribution in [3.05, 3.63) is 0 Å². The predicted octanol–water partition coefficient (Wildman–Crippen LogP) is -0.648. The van der Waals surface area contributed by atoms with E-state index in [1.807, 2.05) is 0 Å². The quantitative estimate of drug-likeness (QED) is 0.504. The molecule has 0 spiro atoms. The molecule has 70 valence electrons. The first kappa shape index (κ1) is 7.50. The van der Waals surface area contributed by atoms with Gasteiger partial charge in [-0.2, -0.15) is 0 Å². The van der Waals surface area contributed by atoms with Crippen molar-refractivity contribution in [3.8, 4) is 0 Å². The number of amides is 2. The van der Waals surface area contributed by atoms with Crippen LogP contribution in [0.3, 0.4) is 0 Å². The van der Waals surface area contributed by atoms with Crippen LogP contribution in [-0.2, 0) is 9.59 Å². The van der Waals surface area contributed by atoms with E-state index in [9.17, 15) is 9.59 Å². The Morgan fingerprint density at radius 1 is 1.15 bits per heavy atom. The fraction of sp³-hybridized carbons (Fsp3) is 0.778. The molecule has 3 fully saturated rings. The second-order valence-corrected chi connectivity index (χ2v) is 4.24. The summed E-state index contributed by atoms with van der Waals surface area (Å²) in [6.45, 7) is 0. The highest BCUT2D eigenvalue weighted by Crippen LogP contribution is 2.43. The van der Waals surface area contributed by atoms with Crippen LogP contribution < -0.4 is 5.32 Å². The monoisotopic (exact) mass is 180 g/mol. The largest absolute Gasteiger partial charge is 0.310 e. The fourth-order valence-corrected chi connectivity index (χ4v) is 3.08. The molecule has 3 saturated heterocycles. The number of likely N-dealkylation sites (tertiary alicyclic amines) is 1. The molecule has 4 unspecified atom stereocenters. The van der Waals surface area contributed by atoms with Crippen molar-refractivity contribution < 1.29 is 9.59 Å². The van der Waals surface area contributed by atoms with Crippen molar-refractivity contribution in [2.24, 2.45) is 11.8 Å². The first-order valence-electron chi connectivity index (χ1n) is 4.77. The van der Waals surface area contributed by atoms with Gasteiger partial charge in [-0.25, -0.2) is 0 Å². The number of nitrogens with one attached hydrogen (secondary N) is 1. The molecule has 0 aromatic heterocycles. The minimum Gasteiger partial charge on any atom is -0.310 e. The highest BCUT2D eigenvalue weighted by Gasteiger charge is 2.59. The molecule has 0 aromatic carbocycles. The molecule has 0 saturated carbocycles. The third-order valence-electron chi connectivity index (χ3n) is 3.70. The summed E-state index contributed by atoms with van der Waals surface area (Å²) in [5, 5.41) is 3.34. The van der Waals surface area contributed by atoms with E-state index in [4.69, 9.17) is 0 Å². The Hall–Kier alpha value is -0.900. The summed E-state index contributed by atoms with van der Waals surface area (Å²) >= 11 is 0. The van der Waals surface area contributed by atoms with Crippen LogP contribution >= 0.6 is 0 Å². The minimum atomic E-state index is -0.0451. The lowest BCUT2D eigenvalue weighted by Crippen LogP contribution is -2.35. The first-order valence-corrected chi connectivity index (χ1v) is 4.77. The lowest BCUT2D eigenvalue weighted by molar-refractivity contribution is -0.138. The van der Waals surface area contributed by atoms with E-state index < -0.39 is 0 Å². The molecule has 4 heteroatoms. The van der Waals surface area contributed by atoms with Gasteiger partial charge in [-0.05, 0) is 12.8 Å². The average molecular weight is 180 g/mol. The molecule has 0 aromatic rings. The second kappa shape index (κ2) is 2.12. The zero-order chi connectivity index (χ0) is 9.16. The predicted molar refractivity (Wildman–Crippen MR) is 44.7 cm³/mol. The van der Waals surface area contributed by atoms with Gasteiger partial charge in [-0.3, -0.25) is 14.5 Å². The highest BCUT2D eigenvalue weighted by atomic mass is 16.2. The number of carbonyl (C=O) groups is 2. The van der Waals surface area contributed by atoms with Crippen LogP contribution in [0.15, 0.2) is 0 Å². The molecule has 1 N–H and O–H groups in total. The average Bonchev–Trinajstić information content (AvgIpc) is 2.76. The Morgan fingerprint density at radius 3 is 2.08 bits per heavy atom. The van der Waals surface area contributed by atoms with Crippen LogP contribution in [-0.4, -0.2) is 35.8 Å². The van der Waals surface area contributed by atoms with E-state index in [1.165, 1.54) is 4.90 Å². The van der Waals surface area contributed by atoms with E-state index in [-0.39, 0.29) is 35.7 Å². The molecule has 4 nitrogen and oxygen atoms in total. The van der Waals surface area contributed by atoms with Gasteiger partial charge in [0, 0.05) is 19.1 Å². The lowest BCUT2D eigenvalue weighted by atomic mass is 9.81. The van der Waals surface area contributed by atoms with Crippen molar-refractivity contribution in [2.45, 2.75) is 24.9 Å². The van der Waals surface area contributed by atoms with E-state index >= 15 is 0 Å². The van der Waals surface area contributed by atoms with Crippen LogP contribution in [0.1, 0.15) is 12.8 Å². The topological polar surface area (TPSA) is 49.4 Å². The van der Waals surface area contributed by atoms with E-state index in [1.54, 1.807) is 7.05 Å². The van der Waals surface area contributed by atoms with E-state index in [2.05, 4.69) is 5.32 Å². The van der Waals surface area contributed by atoms with Crippen molar-refractivity contribution in [1.29, 1.82) is 0 Å². The molecule has 0 radical (unpaired) electrons. The van der Waals surface area contributed by atoms with Crippen molar-refractivity contribution in [3.63, 3.8) is 0 Å². The number of nitrogens with zero attached hydrogens (tertiary/aromatic N) is 1. The van der Waals surface area contributed by atoms with Crippen LogP contribution in [0, 0.1) is 11.8 Å². The van der Waals surface area contributed by atoms with Crippen molar-refractivity contribution in [2.75, 3.05) is 7.05 Å². The Morgan fingerprint density at radius 2 is 1.62 bits per heavy atom. The Labute approximate surface area is 76.3 Å². The molecular formula is C9H12N2O2. The molecule has 3 aliphatic rings. The number of fused-ring (bicyclic) bond motifs is 5. The first-order chi connectivity index (χ1) is 6.20. The number of rotatable bonds is 0. The number of carbonyl (C=O) groups excluding carboxylic acids is 2. The second-order valence-electron chi connectivity index (χ2n) is 4.24. The molecular weight excluding hydrogens is 168 g/mol. The standard InChI is InChI=1S/C9H12N2O2/c1-11-8(12)6-4-2-3-5(10-4)7(6)9(11)13/h4-7,10H,2-3H2,1H3. The molecule has 13 heavy (non-hydrogen) atoms. The molecule has 2 amide bonds. The summed E-state index contributed by atoms with van der Waals surface area (Å²) in [5.41, 5.74) is 0. The van der Waals surface area contributed by atoms with Gasteiger partial charge in [0.2, 0.25) is 11.8 Å². The lowest BCUT2D eigenvalue weighted by Gasteiger charge is -2.17. The third-order valence-corrected chi connectivity index (χ3v) is 3.70. The van der Waals surface area contributed by atoms with Gasteiger partial charge in [0.05, 0.1) is 11.8 Å². The van der Waals surface area contributed by atoms with E-state index in [0.29, 0.717) is 0 Å². The van der Waals surface area contributed by atoms with Gasteiger partial charge >= 0.3 is 0 Å². The summed E-state index contributed by atoms with van der Waals surface area (Å²) in [6, 6.07) is 0.549. The van der Waals surface area contributed by atoms with Crippen LogP contribution in [0.4, 0.5) is 0 Å². The Bertz CT molecular complexity index is 274. The number of hydrogen-bond acceptors (Lipinski definition) is 3. The SMILES string of the molecule is CN1C(=O)C2C3CCC(N3)C2C1=O. The van der Waals surface area contributed by atoms with Crippen molar-refractivity contribution >= 4 is 11.8 Å². The van der Waals surface area contributed by atoms with Crippen LogP contribution in [0.2, 0.25) is 0 Å². The minimum absolute atomic E-state index is 0.0229. The smallest absolute Gasteiger partial charge is 0.234 e. The molecule has 2 bridgehead atoms. The Balaban J connectivity index is 2.03. The van der Waals surface area contributed by atoms with Gasteiger partial charge in [-0.15, -0.1) is 0 Å². The number of hydrogen-bond donors (Lipinski definition) is 1. The Kier molecular flexibility index (Phi) is 1.22. The maximum absolute atomic E-state index is 11.7. The zero-order valence-corrected chi connectivity index (χ0v) is 7.49. The summed E-state index contributed by atoms with van der Waals surface area (Å²) in [7, 11) is 1.60. The molecule has 0 aliphatic carbocycles. The zero-order valence-electron chi connectivity index (χ0n) is 7.49. The van der Waals surface area contributed by atoms with Gasteiger partial charge in [-0.1, -0.05) is 0 Å². The molecule has 4 atom stereocenters. The summed E-state index contributed by atoms with van der Waals surface area (Å²) in [6.07, 6.45) is 2.11. The summed E-state index contributed by atoms with van der Waals surface area (Å²) < 4.78 is 0. The van der Waals surface area contributed by atoms with Gasteiger partial charge in [0.25, 0.3) is 0 Å². The van der Waals surface area contributed by atoms with E-state index in [0.717, 1.165) is 12.8 Å². The summed E-state index contributed by atoms with van der Waals surface area (Å²) in [5.74, 6) is -0.0445. The maximum atomic E-state index is 11.7. The van der Waals surface area contributed by atoms with Crippen molar-refractivity contribution in [1.82, 2.24) is 10.2 Å². The normalized spacial score (nSPS) is 47.6. The van der Waals surface area contributed by atoms with Gasteiger partial charge < -0.3 is 5.32 Å². The van der Waals surface area contributed by atoms with Crippen LogP contribution in [0.5, 0.6) is 0 Å².